The van der Waals surface area contributed by atoms with Crippen LogP contribution in [-0.4, -0.2) is 16.0 Å². The van der Waals surface area contributed by atoms with E-state index in [-0.39, 0.29) is 6.04 Å². The van der Waals surface area contributed by atoms with Crippen LogP contribution >= 0.6 is 45.9 Å². The molecule has 0 radical (unpaired) electrons. The molecule has 8 heteroatoms. The van der Waals surface area contributed by atoms with Gasteiger partial charge in [-0.05, 0) is 12.8 Å². The molecule has 0 bridgehead atoms. The highest BCUT2D eigenvalue weighted by molar-refractivity contribution is 7.20. The van der Waals surface area contributed by atoms with Gasteiger partial charge in [-0.1, -0.05) is 30.1 Å². The minimum absolute atomic E-state index is 0.0998. The van der Waals surface area contributed by atoms with Crippen molar-refractivity contribution in [1.82, 2.24) is 9.97 Å². The molecule has 3 aromatic rings. The van der Waals surface area contributed by atoms with Gasteiger partial charge >= 0.3 is 0 Å². The van der Waals surface area contributed by atoms with Crippen molar-refractivity contribution in [2.45, 2.75) is 32.4 Å². The topological polar surface area (TPSA) is 63.8 Å². The molecule has 0 aliphatic carbocycles. The molecule has 0 aliphatic heterocycles. The maximum atomic E-state index is 6.50. The Labute approximate surface area is 152 Å². The number of thiophene rings is 1. The van der Waals surface area contributed by atoms with E-state index in [4.69, 9.17) is 28.9 Å². The van der Waals surface area contributed by atoms with Gasteiger partial charge in [-0.3, -0.25) is 0 Å². The summed E-state index contributed by atoms with van der Waals surface area (Å²) in [4.78, 5) is 9.72. The molecule has 0 spiro atoms. The molecular formula is C15H16Cl2N4S2. The van der Waals surface area contributed by atoms with Gasteiger partial charge in [0.1, 0.15) is 15.7 Å². The first kappa shape index (κ1) is 16.9. The standard InChI is InChI=1S/C15H16Cl2N4S2/c1-2-8(18)5-10-13(17)14-15(23-10)9(6-11(16)21-14)20-7-12-19-3-4-22-12/h3-4,6,8H,2,5,7,18H2,1H3,(H,20,21)/t8-/m0/s1. The number of thiazole rings is 1. The monoisotopic (exact) mass is 386 g/mol. The van der Waals surface area contributed by atoms with E-state index in [1.165, 1.54) is 0 Å². The second kappa shape index (κ2) is 7.32. The maximum Gasteiger partial charge on any atom is 0.131 e. The lowest BCUT2D eigenvalue weighted by molar-refractivity contribution is 0.652. The van der Waals surface area contributed by atoms with Gasteiger partial charge in [0.25, 0.3) is 0 Å². The summed E-state index contributed by atoms with van der Waals surface area (Å²) in [5, 5.41) is 7.44. The number of rotatable bonds is 6. The summed E-state index contributed by atoms with van der Waals surface area (Å²) < 4.78 is 1.01. The van der Waals surface area contributed by atoms with Crippen LogP contribution in [0.5, 0.6) is 0 Å². The summed E-state index contributed by atoms with van der Waals surface area (Å²) in [6, 6.07) is 1.93. The van der Waals surface area contributed by atoms with E-state index in [2.05, 4.69) is 22.2 Å². The van der Waals surface area contributed by atoms with Crippen LogP contribution in [-0.2, 0) is 13.0 Å². The molecule has 122 valence electrons. The van der Waals surface area contributed by atoms with Gasteiger partial charge in [0.15, 0.2) is 0 Å². The van der Waals surface area contributed by atoms with Crippen molar-refractivity contribution in [3.05, 3.63) is 37.7 Å². The molecule has 0 fully saturated rings. The fraction of sp³-hybridized carbons (Fsp3) is 0.333. The van der Waals surface area contributed by atoms with E-state index in [1.54, 1.807) is 28.9 Å². The number of hydrogen-bond acceptors (Lipinski definition) is 6. The molecule has 0 saturated heterocycles. The molecule has 0 aliphatic rings. The average Bonchev–Trinajstić information content (AvgIpc) is 3.15. The molecule has 0 aromatic carbocycles. The van der Waals surface area contributed by atoms with Crippen molar-refractivity contribution in [3.8, 4) is 0 Å². The highest BCUT2D eigenvalue weighted by Crippen LogP contribution is 2.40. The first-order valence-corrected chi connectivity index (χ1v) is 9.69. The largest absolute Gasteiger partial charge is 0.377 e. The number of nitrogens with one attached hydrogen (secondary N) is 1. The lowest BCUT2D eigenvalue weighted by atomic mass is 10.1. The van der Waals surface area contributed by atoms with Gasteiger partial charge in [0, 0.05) is 28.6 Å². The lowest BCUT2D eigenvalue weighted by Crippen LogP contribution is -2.20. The van der Waals surface area contributed by atoms with E-state index in [0.717, 1.165) is 38.6 Å². The van der Waals surface area contributed by atoms with Crippen LogP contribution in [0.1, 0.15) is 23.2 Å². The molecule has 3 rings (SSSR count). The van der Waals surface area contributed by atoms with E-state index >= 15 is 0 Å². The van der Waals surface area contributed by atoms with Crippen LogP contribution in [0, 0.1) is 0 Å². The van der Waals surface area contributed by atoms with Crippen molar-refractivity contribution in [3.63, 3.8) is 0 Å². The van der Waals surface area contributed by atoms with Gasteiger partial charge in [0.2, 0.25) is 0 Å². The lowest BCUT2D eigenvalue weighted by Gasteiger charge is -2.06. The summed E-state index contributed by atoms with van der Waals surface area (Å²) >= 11 is 15.9. The number of nitrogens with zero attached hydrogens (tertiary/aromatic N) is 2. The van der Waals surface area contributed by atoms with Crippen molar-refractivity contribution in [2.75, 3.05) is 5.32 Å². The first-order valence-electron chi connectivity index (χ1n) is 7.23. The van der Waals surface area contributed by atoms with Gasteiger partial charge in [-0.2, -0.15) is 0 Å². The second-order valence-corrected chi connectivity index (χ2v) is 8.01. The molecule has 4 nitrogen and oxygen atoms in total. The Bertz CT molecular complexity index is 802. The number of pyridine rings is 1. The Balaban J connectivity index is 1.95. The zero-order valence-corrected chi connectivity index (χ0v) is 15.6. The van der Waals surface area contributed by atoms with Gasteiger partial charge in [0.05, 0.1) is 22.0 Å². The predicted molar refractivity (Wildman–Crippen MR) is 101 cm³/mol. The smallest absolute Gasteiger partial charge is 0.131 e. The third-order valence-electron chi connectivity index (χ3n) is 3.51. The van der Waals surface area contributed by atoms with Crippen molar-refractivity contribution in [1.29, 1.82) is 0 Å². The van der Waals surface area contributed by atoms with Crippen molar-refractivity contribution in [2.24, 2.45) is 5.73 Å². The van der Waals surface area contributed by atoms with Gasteiger partial charge < -0.3 is 11.1 Å². The minimum Gasteiger partial charge on any atom is -0.377 e. The molecule has 1 atom stereocenters. The molecule has 23 heavy (non-hydrogen) atoms. The van der Waals surface area contributed by atoms with Crippen molar-refractivity contribution < 1.29 is 0 Å². The van der Waals surface area contributed by atoms with Crippen LogP contribution in [0.2, 0.25) is 10.2 Å². The SMILES string of the molecule is CC[C@H](N)Cc1sc2c(NCc3nccs3)cc(Cl)nc2c1Cl. The maximum absolute atomic E-state index is 6.50. The zero-order chi connectivity index (χ0) is 16.4. The Morgan fingerprint density at radius 1 is 1.39 bits per heavy atom. The van der Waals surface area contributed by atoms with Crippen LogP contribution in [0.25, 0.3) is 10.2 Å². The molecule has 3 heterocycles. The van der Waals surface area contributed by atoms with E-state index in [9.17, 15) is 0 Å². The van der Waals surface area contributed by atoms with Gasteiger partial charge in [-0.15, -0.1) is 22.7 Å². The second-order valence-electron chi connectivity index (χ2n) is 5.16. The van der Waals surface area contributed by atoms with E-state index in [0.29, 0.717) is 16.7 Å². The zero-order valence-electron chi connectivity index (χ0n) is 12.5. The summed E-state index contributed by atoms with van der Waals surface area (Å²) in [5.41, 5.74) is 7.73. The third-order valence-corrected chi connectivity index (χ3v) is 6.23. The minimum atomic E-state index is 0.0998. The Kier molecular flexibility index (Phi) is 5.38. The molecule has 0 saturated carbocycles. The number of aromatic nitrogens is 2. The highest BCUT2D eigenvalue weighted by atomic mass is 35.5. The molecule has 0 unspecified atom stereocenters. The quantitative estimate of drug-likeness (QED) is 0.588. The van der Waals surface area contributed by atoms with E-state index < -0.39 is 0 Å². The van der Waals surface area contributed by atoms with E-state index in [1.807, 2.05) is 11.4 Å². The summed E-state index contributed by atoms with van der Waals surface area (Å²) in [6.45, 7) is 2.72. The Hall–Kier alpha value is -0.920. The van der Waals surface area contributed by atoms with Gasteiger partial charge in [-0.25, -0.2) is 9.97 Å². The fourth-order valence-corrected chi connectivity index (χ4v) is 4.56. The summed E-state index contributed by atoms with van der Waals surface area (Å²) in [5.74, 6) is 0. The van der Waals surface area contributed by atoms with Crippen molar-refractivity contribution >= 4 is 61.8 Å². The number of anilines is 1. The van der Waals surface area contributed by atoms with Crippen LogP contribution in [0.15, 0.2) is 17.6 Å². The Morgan fingerprint density at radius 2 is 2.22 bits per heavy atom. The molecule has 0 amide bonds. The number of halogens is 2. The third kappa shape index (κ3) is 3.78. The number of nitrogens with two attached hydrogens (primary N) is 1. The normalized spacial score (nSPS) is 12.7. The first-order chi connectivity index (χ1) is 11.1. The highest BCUT2D eigenvalue weighted by Gasteiger charge is 2.17. The molecule has 3 aromatic heterocycles. The molecule has 3 N–H and O–H groups in total. The molecular weight excluding hydrogens is 371 g/mol. The fourth-order valence-electron chi connectivity index (χ4n) is 2.21. The number of fused-ring (bicyclic) bond motifs is 1. The summed E-state index contributed by atoms with van der Waals surface area (Å²) in [7, 11) is 0. The average molecular weight is 387 g/mol. The van der Waals surface area contributed by atoms with Crippen LogP contribution in [0.3, 0.4) is 0 Å². The van der Waals surface area contributed by atoms with Crippen LogP contribution in [0.4, 0.5) is 5.69 Å². The van der Waals surface area contributed by atoms with Crippen LogP contribution < -0.4 is 11.1 Å². The predicted octanol–water partition coefficient (Wildman–Crippen LogP) is 4.95. The number of hydrogen-bond donors (Lipinski definition) is 2. The Morgan fingerprint density at radius 3 is 2.91 bits per heavy atom. The summed E-state index contributed by atoms with van der Waals surface area (Å²) in [6.07, 6.45) is 3.46.